The first-order valence-electron chi connectivity index (χ1n) is 8.09. The van der Waals surface area contributed by atoms with E-state index < -0.39 is 5.82 Å². The van der Waals surface area contributed by atoms with Crippen LogP contribution in [0.25, 0.3) is 0 Å². The van der Waals surface area contributed by atoms with E-state index in [1.165, 1.54) is 11.0 Å². The van der Waals surface area contributed by atoms with E-state index in [-0.39, 0.29) is 11.1 Å². The van der Waals surface area contributed by atoms with Gasteiger partial charge < -0.3 is 10.2 Å². The third-order valence-electron chi connectivity index (χ3n) is 4.14. The summed E-state index contributed by atoms with van der Waals surface area (Å²) in [5, 5.41) is 7.50. The lowest BCUT2D eigenvalue weighted by molar-refractivity contribution is 0.205. The molecule has 2 heterocycles. The number of carbonyl (C=O) groups excluding carboxylic acids is 1. The van der Waals surface area contributed by atoms with Gasteiger partial charge in [0, 0.05) is 33.7 Å². The number of urea groups is 1. The molecule has 2 amide bonds. The van der Waals surface area contributed by atoms with Crippen LogP contribution >= 0.6 is 11.6 Å². The van der Waals surface area contributed by atoms with Gasteiger partial charge in [-0.2, -0.15) is 5.10 Å². The van der Waals surface area contributed by atoms with Crippen molar-refractivity contribution in [3.05, 3.63) is 52.1 Å². The van der Waals surface area contributed by atoms with Crippen LogP contribution in [0.5, 0.6) is 0 Å². The van der Waals surface area contributed by atoms with Crippen molar-refractivity contribution in [1.29, 1.82) is 0 Å². The third-order valence-corrected chi connectivity index (χ3v) is 4.43. The molecule has 0 saturated heterocycles. The van der Waals surface area contributed by atoms with Gasteiger partial charge in [0.2, 0.25) is 0 Å². The van der Waals surface area contributed by atoms with Crippen molar-refractivity contribution in [2.75, 3.05) is 20.6 Å². The largest absolute Gasteiger partial charge is 0.332 e. The molecule has 25 heavy (non-hydrogen) atoms. The number of hydrogen-bond acceptors (Lipinski definition) is 3. The minimum Gasteiger partial charge on any atom is -0.332 e. The number of halogens is 2. The van der Waals surface area contributed by atoms with Crippen molar-refractivity contribution in [3.63, 3.8) is 0 Å². The zero-order valence-corrected chi connectivity index (χ0v) is 15.1. The third kappa shape index (κ3) is 4.29. The summed E-state index contributed by atoms with van der Waals surface area (Å²) in [5.74, 6) is -0.397. The fourth-order valence-corrected chi connectivity index (χ4v) is 3.03. The molecule has 0 atom stereocenters. The van der Waals surface area contributed by atoms with Gasteiger partial charge >= 0.3 is 6.03 Å². The smallest absolute Gasteiger partial charge is 0.317 e. The fourth-order valence-electron chi connectivity index (χ4n) is 2.82. The van der Waals surface area contributed by atoms with Crippen LogP contribution in [-0.4, -0.2) is 46.3 Å². The highest BCUT2D eigenvalue weighted by Crippen LogP contribution is 2.20. The molecule has 3 rings (SSSR count). The molecule has 1 aliphatic heterocycles. The van der Waals surface area contributed by atoms with E-state index in [0.717, 1.165) is 36.6 Å². The van der Waals surface area contributed by atoms with E-state index in [2.05, 4.69) is 15.3 Å². The predicted octanol–water partition coefficient (Wildman–Crippen LogP) is 2.46. The molecule has 134 valence electrons. The van der Waals surface area contributed by atoms with Gasteiger partial charge in [-0.15, -0.1) is 0 Å². The van der Waals surface area contributed by atoms with Crippen LogP contribution in [-0.2, 0) is 26.2 Å². The number of amides is 2. The van der Waals surface area contributed by atoms with Crippen LogP contribution in [0.3, 0.4) is 0 Å². The number of carbonyl (C=O) groups is 1. The second-order valence-corrected chi connectivity index (χ2v) is 6.77. The molecule has 1 aliphatic rings. The topological polar surface area (TPSA) is 53.4 Å². The van der Waals surface area contributed by atoms with E-state index in [9.17, 15) is 9.18 Å². The number of nitrogens with zero attached hydrogens (tertiary/aromatic N) is 4. The molecule has 0 fully saturated rings. The Labute approximate surface area is 151 Å². The minimum absolute atomic E-state index is 0.138. The van der Waals surface area contributed by atoms with Crippen molar-refractivity contribution >= 4 is 17.6 Å². The number of fused-ring (bicyclic) bond motifs is 1. The first-order chi connectivity index (χ1) is 11.9. The van der Waals surface area contributed by atoms with E-state index >= 15 is 0 Å². The standard InChI is InChI=1S/C17H21ClFN5O/c1-22(2)17(25)20-9-13-8-14-11-23(5-6-24(14)21-13)10-12-3-4-16(19)15(18)7-12/h3-4,7-8H,5-6,9-11H2,1-2H3,(H,20,25). The maximum Gasteiger partial charge on any atom is 0.317 e. The number of hydrogen-bond donors (Lipinski definition) is 1. The summed E-state index contributed by atoms with van der Waals surface area (Å²) in [7, 11) is 3.40. The Morgan fingerprint density at radius 1 is 1.36 bits per heavy atom. The summed E-state index contributed by atoms with van der Waals surface area (Å²) in [6, 6.07) is 6.71. The number of aromatic nitrogens is 2. The summed E-state index contributed by atoms with van der Waals surface area (Å²) >= 11 is 5.85. The van der Waals surface area contributed by atoms with E-state index in [4.69, 9.17) is 11.6 Å². The zero-order chi connectivity index (χ0) is 18.0. The van der Waals surface area contributed by atoms with Crippen molar-refractivity contribution in [3.8, 4) is 0 Å². The Morgan fingerprint density at radius 3 is 2.88 bits per heavy atom. The lowest BCUT2D eigenvalue weighted by atomic mass is 10.2. The highest BCUT2D eigenvalue weighted by molar-refractivity contribution is 6.30. The average Bonchev–Trinajstić information content (AvgIpc) is 2.98. The normalized spacial score (nSPS) is 14.2. The van der Waals surface area contributed by atoms with Crippen LogP contribution < -0.4 is 5.32 Å². The predicted molar refractivity (Wildman–Crippen MR) is 93.7 cm³/mol. The zero-order valence-electron chi connectivity index (χ0n) is 14.3. The molecule has 0 aliphatic carbocycles. The van der Waals surface area contributed by atoms with E-state index in [1.807, 2.05) is 10.7 Å². The molecule has 6 nitrogen and oxygen atoms in total. The monoisotopic (exact) mass is 365 g/mol. The Bertz CT molecular complexity index is 776. The van der Waals surface area contributed by atoms with Crippen molar-refractivity contribution in [2.45, 2.75) is 26.2 Å². The maximum absolute atomic E-state index is 13.3. The van der Waals surface area contributed by atoms with Gasteiger partial charge in [0.25, 0.3) is 0 Å². The maximum atomic E-state index is 13.3. The van der Waals surface area contributed by atoms with Gasteiger partial charge in [0.15, 0.2) is 0 Å². The van der Waals surface area contributed by atoms with Crippen LogP contribution in [0.4, 0.5) is 9.18 Å². The summed E-state index contributed by atoms with van der Waals surface area (Å²) in [5.41, 5.74) is 2.93. The second kappa shape index (κ2) is 7.41. The lowest BCUT2D eigenvalue weighted by Crippen LogP contribution is -2.34. The minimum atomic E-state index is -0.397. The number of benzene rings is 1. The molecule has 0 bridgehead atoms. The first-order valence-corrected chi connectivity index (χ1v) is 8.47. The SMILES string of the molecule is CN(C)C(=O)NCc1cc2n(n1)CCN(Cc1ccc(F)c(Cl)c1)C2. The van der Waals surface area contributed by atoms with E-state index in [0.29, 0.717) is 13.1 Å². The summed E-state index contributed by atoms with van der Waals surface area (Å²) in [4.78, 5) is 15.4. The van der Waals surface area contributed by atoms with Crippen molar-refractivity contribution in [1.82, 2.24) is 24.9 Å². The Balaban J connectivity index is 1.61. The lowest BCUT2D eigenvalue weighted by Gasteiger charge is -2.27. The number of nitrogens with one attached hydrogen (secondary N) is 1. The fraction of sp³-hybridized carbons (Fsp3) is 0.412. The molecule has 2 aromatic rings. The van der Waals surface area contributed by atoms with Crippen LogP contribution in [0, 0.1) is 5.82 Å². The summed E-state index contributed by atoms with van der Waals surface area (Å²) in [6.45, 7) is 3.51. The highest BCUT2D eigenvalue weighted by atomic mass is 35.5. The van der Waals surface area contributed by atoms with Gasteiger partial charge in [0.05, 0.1) is 29.5 Å². The Morgan fingerprint density at radius 2 is 2.16 bits per heavy atom. The molecule has 0 saturated carbocycles. The molecular weight excluding hydrogens is 345 g/mol. The van der Waals surface area contributed by atoms with E-state index in [1.54, 1.807) is 26.2 Å². The first kappa shape index (κ1) is 17.7. The molecule has 0 radical (unpaired) electrons. The Kier molecular flexibility index (Phi) is 5.24. The Hall–Kier alpha value is -2.12. The second-order valence-electron chi connectivity index (χ2n) is 6.36. The quantitative estimate of drug-likeness (QED) is 0.905. The number of rotatable bonds is 4. The van der Waals surface area contributed by atoms with Crippen molar-refractivity contribution < 1.29 is 9.18 Å². The highest BCUT2D eigenvalue weighted by Gasteiger charge is 2.19. The molecule has 0 spiro atoms. The van der Waals surface area contributed by atoms with Crippen molar-refractivity contribution in [2.24, 2.45) is 0 Å². The average molecular weight is 366 g/mol. The van der Waals surface area contributed by atoms with Gasteiger partial charge in [-0.05, 0) is 23.8 Å². The molecule has 8 heteroatoms. The molecular formula is C17H21ClFN5O. The molecule has 1 aromatic heterocycles. The van der Waals surface area contributed by atoms with Gasteiger partial charge in [-0.1, -0.05) is 17.7 Å². The van der Waals surface area contributed by atoms with Crippen LogP contribution in [0.1, 0.15) is 17.0 Å². The molecule has 1 N–H and O–H groups in total. The summed E-state index contributed by atoms with van der Waals surface area (Å²) in [6.07, 6.45) is 0. The van der Waals surface area contributed by atoms with Gasteiger partial charge in [0.1, 0.15) is 5.82 Å². The molecule has 0 unspecified atom stereocenters. The van der Waals surface area contributed by atoms with Gasteiger partial charge in [-0.25, -0.2) is 9.18 Å². The van der Waals surface area contributed by atoms with Crippen LogP contribution in [0.2, 0.25) is 5.02 Å². The van der Waals surface area contributed by atoms with Crippen LogP contribution in [0.15, 0.2) is 24.3 Å². The summed E-state index contributed by atoms with van der Waals surface area (Å²) < 4.78 is 15.2. The molecule has 1 aromatic carbocycles. The van der Waals surface area contributed by atoms with Gasteiger partial charge in [-0.3, -0.25) is 9.58 Å².